The van der Waals surface area contributed by atoms with Crippen LogP contribution in [0.15, 0.2) is 109 Å². The largest absolute Gasteiger partial charge is 0.297 e. The lowest BCUT2D eigenvalue weighted by Gasteiger charge is -2.39. The number of aryl methyl sites for hydroxylation is 4. The highest BCUT2D eigenvalue weighted by Crippen LogP contribution is 2.33. The molecule has 1 aromatic heterocycles. The van der Waals surface area contributed by atoms with Crippen molar-refractivity contribution in [2.24, 2.45) is 0 Å². The molecule has 1 atom stereocenters. The Kier molecular flexibility index (Phi) is 9.16. The first kappa shape index (κ1) is 28.7. The van der Waals surface area contributed by atoms with Crippen LogP contribution in [0.2, 0.25) is 0 Å². The van der Waals surface area contributed by atoms with E-state index < -0.39 is 0 Å². The van der Waals surface area contributed by atoms with E-state index in [1.807, 2.05) is 4.68 Å². The summed E-state index contributed by atoms with van der Waals surface area (Å²) in [4.78, 5) is 5.11. The van der Waals surface area contributed by atoms with Gasteiger partial charge in [0.05, 0.1) is 11.7 Å². The highest BCUT2D eigenvalue weighted by molar-refractivity contribution is 5.49. The molecule has 0 N–H and O–H groups in total. The smallest absolute Gasteiger partial charge is 0.178 e. The molecule has 5 aromatic rings. The summed E-state index contributed by atoms with van der Waals surface area (Å²) in [5, 5.41) is 13.5. The zero-order chi connectivity index (χ0) is 29.4. The summed E-state index contributed by atoms with van der Waals surface area (Å²) in [6, 6.07) is 36.5. The van der Waals surface area contributed by atoms with Crippen molar-refractivity contribution in [2.45, 2.75) is 32.7 Å². The Morgan fingerprint density at radius 3 is 2.14 bits per heavy atom. The summed E-state index contributed by atoms with van der Waals surface area (Å²) in [5.41, 5.74) is 8.63. The molecule has 0 saturated carbocycles. The van der Waals surface area contributed by atoms with Crippen LogP contribution in [0.5, 0.6) is 0 Å². The molecular weight excluding hydrogens is 528 g/mol. The van der Waals surface area contributed by atoms with Gasteiger partial charge in [0.2, 0.25) is 0 Å². The first-order valence-electron chi connectivity index (χ1n) is 15.3. The Labute approximate surface area is 255 Å². The molecular formula is C37H40N6. The second-order valence-corrected chi connectivity index (χ2v) is 11.4. The van der Waals surface area contributed by atoms with Crippen LogP contribution in [-0.4, -0.2) is 62.7 Å². The molecule has 6 heteroatoms. The van der Waals surface area contributed by atoms with Crippen LogP contribution in [0, 0.1) is 13.8 Å². The molecule has 0 amide bonds. The van der Waals surface area contributed by atoms with Gasteiger partial charge < -0.3 is 0 Å². The van der Waals surface area contributed by atoms with Gasteiger partial charge in [0.25, 0.3) is 0 Å². The van der Waals surface area contributed by atoms with E-state index in [1.165, 1.54) is 33.4 Å². The van der Waals surface area contributed by atoms with Crippen LogP contribution in [0.4, 0.5) is 0 Å². The fraction of sp³-hybridized carbons (Fsp3) is 0.270. The van der Waals surface area contributed by atoms with Crippen molar-refractivity contribution in [3.8, 4) is 5.69 Å². The molecule has 0 radical (unpaired) electrons. The second-order valence-electron chi connectivity index (χ2n) is 11.4. The second kappa shape index (κ2) is 13.7. The highest BCUT2D eigenvalue weighted by Gasteiger charge is 2.32. The quantitative estimate of drug-likeness (QED) is 0.193. The third-order valence-electron chi connectivity index (χ3n) is 8.51. The van der Waals surface area contributed by atoms with E-state index in [2.05, 4.69) is 149 Å². The van der Waals surface area contributed by atoms with Crippen molar-refractivity contribution in [1.29, 1.82) is 0 Å². The van der Waals surface area contributed by atoms with Crippen LogP contribution >= 0.6 is 0 Å². The van der Waals surface area contributed by atoms with Crippen molar-refractivity contribution in [3.05, 3.63) is 148 Å². The lowest BCUT2D eigenvalue weighted by Crippen LogP contribution is -2.48. The summed E-state index contributed by atoms with van der Waals surface area (Å²) < 4.78 is 1.98. The first-order valence-corrected chi connectivity index (χ1v) is 15.3. The Hall–Kier alpha value is -4.39. The van der Waals surface area contributed by atoms with Gasteiger partial charge >= 0.3 is 0 Å². The Morgan fingerprint density at radius 2 is 1.40 bits per heavy atom. The number of piperazine rings is 1. The Bertz CT molecular complexity index is 1610. The third kappa shape index (κ3) is 6.82. The van der Waals surface area contributed by atoms with Crippen molar-refractivity contribution < 1.29 is 0 Å². The predicted octanol–water partition coefficient (Wildman–Crippen LogP) is 6.48. The van der Waals surface area contributed by atoms with Gasteiger partial charge in [-0.3, -0.25) is 9.80 Å². The monoisotopic (exact) mass is 568 g/mol. The van der Waals surface area contributed by atoms with Crippen molar-refractivity contribution >= 4 is 6.08 Å². The summed E-state index contributed by atoms with van der Waals surface area (Å²) in [7, 11) is 0. The normalized spacial score (nSPS) is 15.2. The topological polar surface area (TPSA) is 50.1 Å². The van der Waals surface area contributed by atoms with Crippen LogP contribution < -0.4 is 0 Å². The summed E-state index contributed by atoms with van der Waals surface area (Å²) >= 11 is 0. The van der Waals surface area contributed by atoms with E-state index in [0.29, 0.717) is 0 Å². The van der Waals surface area contributed by atoms with Gasteiger partial charge in [-0.25, -0.2) is 0 Å². The first-order chi connectivity index (χ1) is 21.2. The molecule has 43 heavy (non-hydrogen) atoms. The molecule has 0 spiro atoms. The number of benzene rings is 4. The van der Waals surface area contributed by atoms with Gasteiger partial charge in [-0.2, -0.15) is 4.68 Å². The molecule has 2 heterocycles. The maximum absolute atomic E-state index is 4.72. The van der Waals surface area contributed by atoms with E-state index in [4.69, 9.17) is 5.10 Å². The van der Waals surface area contributed by atoms with Crippen LogP contribution in [-0.2, 0) is 12.8 Å². The average molecular weight is 569 g/mol. The van der Waals surface area contributed by atoms with E-state index in [0.717, 1.165) is 57.1 Å². The van der Waals surface area contributed by atoms with Crippen LogP contribution in [0.1, 0.15) is 45.2 Å². The number of rotatable bonds is 10. The minimum atomic E-state index is -0.0528. The maximum atomic E-state index is 4.72. The molecule has 1 saturated heterocycles. The molecule has 1 aliphatic rings. The van der Waals surface area contributed by atoms with Gasteiger partial charge in [-0.1, -0.05) is 115 Å². The van der Waals surface area contributed by atoms with Gasteiger partial charge in [0.1, 0.15) is 0 Å². The van der Waals surface area contributed by atoms with Gasteiger partial charge in [0, 0.05) is 32.7 Å². The van der Waals surface area contributed by atoms with Gasteiger partial charge in [0.15, 0.2) is 5.82 Å². The number of aromatic nitrogens is 4. The summed E-state index contributed by atoms with van der Waals surface area (Å²) in [6.45, 7) is 9.09. The SMILES string of the molecule is Cc1cccc(C)c1-n1nnnc1[C@@H](c1ccccc1CCc1ccccc1)N1CCN(C/C=C/c2ccccc2)CC1. The molecule has 0 aliphatic carbocycles. The van der Waals surface area contributed by atoms with Crippen molar-refractivity contribution in [1.82, 2.24) is 30.0 Å². The minimum Gasteiger partial charge on any atom is -0.297 e. The van der Waals surface area contributed by atoms with E-state index in [-0.39, 0.29) is 6.04 Å². The molecule has 1 aliphatic heterocycles. The van der Waals surface area contributed by atoms with E-state index >= 15 is 0 Å². The van der Waals surface area contributed by atoms with Gasteiger partial charge in [-0.05, 0) is 70.5 Å². The Morgan fingerprint density at radius 1 is 0.721 bits per heavy atom. The summed E-state index contributed by atoms with van der Waals surface area (Å²) in [5.74, 6) is 0.877. The zero-order valence-corrected chi connectivity index (χ0v) is 25.2. The van der Waals surface area contributed by atoms with Crippen molar-refractivity contribution in [3.63, 3.8) is 0 Å². The molecule has 0 unspecified atom stereocenters. The average Bonchev–Trinajstić information content (AvgIpc) is 3.51. The van der Waals surface area contributed by atoms with E-state index in [1.54, 1.807) is 0 Å². The maximum Gasteiger partial charge on any atom is 0.178 e. The fourth-order valence-electron chi connectivity index (χ4n) is 6.22. The third-order valence-corrected chi connectivity index (χ3v) is 8.51. The number of hydrogen-bond acceptors (Lipinski definition) is 5. The lowest BCUT2D eigenvalue weighted by atomic mass is 9.93. The fourth-order valence-corrected chi connectivity index (χ4v) is 6.22. The molecule has 6 rings (SSSR count). The molecule has 1 fully saturated rings. The number of para-hydroxylation sites is 1. The molecule has 6 nitrogen and oxygen atoms in total. The molecule has 0 bridgehead atoms. The number of tetrazole rings is 1. The zero-order valence-electron chi connectivity index (χ0n) is 25.2. The van der Waals surface area contributed by atoms with Crippen LogP contribution in [0.25, 0.3) is 11.8 Å². The number of nitrogens with zero attached hydrogens (tertiary/aromatic N) is 6. The van der Waals surface area contributed by atoms with Crippen LogP contribution in [0.3, 0.4) is 0 Å². The van der Waals surface area contributed by atoms with E-state index in [9.17, 15) is 0 Å². The van der Waals surface area contributed by atoms with Gasteiger partial charge in [-0.15, -0.1) is 5.10 Å². The minimum absolute atomic E-state index is 0.0528. The summed E-state index contributed by atoms with van der Waals surface area (Å²) in [6.07, 6.45) is 6.46. The predicted molar refractivity (Wildman–Crippen MR) is 174 cm³/mol. The standard InChI is InChI=1S/C37H40N6/c1-29-13-11-14-30(2)35(29)43-37(38-39-40-43)36(34-21-10-9-20-33(34)23-22-32-17-7-4-8-18-32)42-27-25-41(26-28-42)24-12-19-31-15-5-3-6-16-31/h3-21,36H,22-28H2,1-2H3/b19-12+/t36-/m1/s1. The number of hydrogen-bond donors (Lipinski definition) is 0. The Balaban J connectivity index is 1.30. The van der Waals surface area contributed by atoms with Crippen molar-refractivity contribution in [2.75, 3.05) is 32.7 Å². The highest BCUT2D eigenvalue weighted by atomic mass is 15.6. The molecule has 218 valence electrons. The molecule has 4 aromatic carbocycles. The lowest BCUT2D eigenvalue weighted by molar-refractivity contribution is 0.113.